The molecule has 5 nitrogen and oxygen atoms in total. The van der Waals surface area contributed by atoms with Crippen LogP contribution >= 0.6 is 0 Å². The zero-order chi connectivity index (χ0) is 15.4. The highest BCUT2D eigenvalue weighted by Gasteiger charge is 2.24. The number of carbonyl (C=O) groups is 2. The number of amides is 2. The second-order valence-corrected chi connectivity index (χ2v) is 5.41. The fraction of sp³-hybridized carbons (Fsp3) is 0.867. The zero-order valence-electron chi connectivity index (χ0n) is 13.3. The molecule has 0 aliphatic carbocycles. The Morgan fingerprint density at radius 1 is 1.05 bits per heavy atom. The number of rotatable bonds is 10. The summed E-state index contributed by atoms with van der Waals surface area (Å²) in [5, 5.41) is 5.43. The third kappa shape index (κ3) is 8.77. The Hall–Kier alpha value is -1.26. The fourth-order valence-electron chi connectivity index (χ4n) is 1.92. The smallest absolute Gasteiger partial charge is 0.328 e. The number of esters is 1. The molecule has 2 N–H and O–H groups in total. The summed E-state index contributed by atoms with van der Waals surface area (Å²) in [7, 11) is 1.33. The maximum atomic E-state index is 11.7. The van der Waals surface area contributed by atoms with Crippen molar-refractivity contribution in [2.24, 2.45) is 5.92 Å². The van der Waals surface area contributed by atoms with Crippen LogP contribution in [-0.2, 0) is 9.53 Å². The van der Waals surface area contributed by atoms with Crippen LogP contribution in [0.5, 0.6) is 0 Å². The van der Waals surface area contributed by atoms with Crippen molar-refractivity contribution in [3.63, 3.8) is 0 Å². The summed E-state index contributed by atoms with van der Waals surface area (Å²) >= 11 is 0. The lowest BCUT2D eigenvalue weighted by Gasteiger charge is -2.20. The van der Waals surface area contributed by atoms with Gasteiger partial charge in [-0.05, 0) is 12.3 Å². The van der Waals surface area contributed by atoms with Crippen molar-refractivity contribution in [2.75, 3.05) is 13.7 Å². The van der Waals surface area contributed by atoms with Crippen LogP contribution < -0.4 is 10.6 Å². The molecule has 0 aromatic rings. The van der Waals surface area contributed by atoms with Crippen molar-refractivity contribution < 1.29 is 14.3 Å². The van der Waals surface area contributed by atoms with Crippen molar-refractivity contribution >= 4 is 12.0 Å². The van der Waals surface area contributed by atoms with Gasteiger partial charge in [0.2, 0.25) is 0 Å². The van der Waals surface area contributed by atoms with E-state index in [1.807, 2.05) is 13.8 Å². The van der Waals surface area contributed by atoms with Gasteiger partial charge in [-0.15, -0.1) is 0 Å². The summed E-state index contributed by atoms with van der Waals surface area (Å²) in [6.45, 7) is 6.58. The minimum atomic E-state index is -0.593. The summed E-state index contributed by atoms with van der Waals surface area (Å²) in [5.41, 5.74) is 0. The Kier molecular flexibility index (Phi) is 10.8. The summed E-state index contributed by atoms with van der Waals surface area (Å²) < 4.78 is 4.67. The molecule has 5 heteroatoms. The summed E-state index contributed by atoms with van der Waals surface area (Å²) in [4.78, 5) is 23.2. The molecule has 0 bridgehead atoms. The van der Waals surface area contributed by atoms with E-state index in [2.05, 4.69) is 22.3 Å². The van der Waals surface area contributed by atoms with E-state index in [0.717, 1.165) is 12.8 Å². The van der Waals surface area contributed by atoms with E-state index in [-0.39, 0.29) is 11.9 Å². The van der Waals surface area contributed by atoms with E-state index in [0.29, 0.717) is 6.54 Å². The SMILES string of the molecule is CCCCCCCCNC(=O)NC(C(=O)OC)C(C)C. The lowest BCUT2D eigenvalue weighted by molar-refractivity contribution is -0.143. The molecule has 0 radical (unpaired) electrons. The molecule has 0 saturated heterocycles. The predicted molar refractivity (Wildman–Crippen MR) is 80.6 cm³/mol. The third-order valence-corrected chi connectivity index (χ3v) is 3.22. The first kappa shape index (κ1) is 18.7. The highest BCUT2D eigenvalue weighted by Crippen LogP contribution is 2.05. The van der Waals surface area contributed by atoms with Crippen LogP contribution in [-0.4, -0.2) is 31.7 Å². The first-order valence-corrected chi connectivity index (χ1v) is 7.65. The number of ether oxygens (including phenoxy) is 1. The van der Waals surface area contributed by atoms with Crippen molar-refractivity contribution in [2.45, 2.75) is 65.3 Å². The van der Waals surface area contributed by atoms with Crippen molar-refractivity contribution in [3.8, 4) is 0 Å². The topological polar surface area (TPSA) is 67.4 Å². The first-order valence-electron chi connectivity index (χ1n) is 7.65. The number of urea groups is 1. The van der Waals surface area contributed by atoms with Crippen molar-refractivity contribution in [1.29, 1.82) is 0 Å². The Balaban J connectivity index is 3.78. The average molecular weight is 286 g/mol. The molecule has 0 rings (SSSR count). The Morgan fingerprint density at radius 2 is 1.65 bits per heavy atom. The molecule has 0 aliphatic heterocycles. The standard InChI is InChI=1S/C15H30N2O3/c1-5-6-7-8-9-10-11-16-15(19)17-13(12(2)3)14(18)20-4/h12-13H,5-11H2,1-4H3,(H2,16,17,19). The highest BCUT2D eigenvalue weighted by atomic mass is 16.5. The van der Waals surface area contributed by atoms with E-state index in [4.69, 9.17) is 0 Å². The van der Waals surface area contributed by atoms with Gasteiger partial charge in [0.05, 0.1) is 7.11 Å². The number of unbranched alkanes of at least 4 members (excludes halogenated alkanes) is 5. The summed E-state index contributed by atoms with van der Waals surface area (Å²) in [5.74, 6) is -0.406. The number of hydrogen-bond donors (Lipinski definition) is 2. The normalized spacial score (nSPS) is 12.1. The Labute approximate surface area is 122 Å². The van der Waals surface area contributed by atoms with E-state index in [1.54, 1.807) is 0 Å². The minimum absolute atomic E-state index is 0.00208. The number of hydrogen-bond acceptors (Lipinski definition) is 3. The monoisotopic (exact) mass is 286 g/mol. The largest absolute Gasteiger partial charge is 0.467 e. The third-order valence-electron chi connectivity index (χ3n) is 3.22. The highest BCUT2D eigenvalue weighted by molar-refractivity contribution is 5.83. The average Bonchev–Trinajstić information content (AvgIpc) is 2.42. The van der Waals surface area contributed by atoms with Gasteiger partial charge in [0, 0.05) is 6.54 Å². The van der Waals surface area contributed by atoms with Crippen LogP contribution in [0.4, 0.5) is 4.79 Å². The van der Waals surface area contributed by atoms with Gasteiger partial charge in [-0.25, -0.2) is 9.59 Å². The Bertz CT molecular complexity index is 280. The van der Waals surface area contributed by atoms with Crippen molar-refractivity contribution in [1.82, 2.24) is 10.6 Å². The molecule has 20 heavy (non-hydrogen) atoms. The number of carbonyl (C=O) groups excluding carboxylic acids is 2. The summed E-state index contributed by atoms with van der Waals surface area (Å²) in [6, 6.07) is -0.896. The molecule has 118 valence electrons. The van der Waals surface area contributed by atoms with Gasteiger partial charge < -0.3 is 15.4 Å². The van der Waals surface area contributed by atoms with Gasteiger partial charge >= 0.3 is 12.0 Å². The Morgan fingerprint density at radius 3 is 2.20 bits per heavy atom. The first-order chi connectivity index (χ1) is 9.52. The van der Waals surface area contributed by atoms with E-state index >= 15 is 0 Å². The molecule has 0 saturated carbocycles. The van der Waals surface area contributed by atoms with Gasteiger partial charge in [-0.3, -0.25) is 0 Å². The second-order valence-electron chi connectivity index (χ2n) is 5.41. The van der Waals surface area contributed by atoms with Crippen LogP contribution in [0.3, 0.4) is 0 Å². The van der Waals surface area contributed by atoms with E-state index in [9.17, 15) is 9.59 Å². The van der Waals surface area contributed by atoms with Crippen molar-refractivity contribution in [3.05, 3.63) is 0 Å². The van der Waals surface area contributed by atoms with E-state index in [1.165, 1.54) is 32.8 Å². The molecular weight excluding hydrogens is 256 g/mol. The van der Waals surface area contributed by atoms with Crippen LogP contribution in [0.25, 0.3) is 0 Å². The van der Waals surface area contributed by atoms with Crippen LogP contribution in [0.15, 0.2) is 0 Å². The van der Waals surface area contributed by atoms with Gasteiger partial charge in [-0.2, -0.15) is 0 Å². The maximum absolute atomic E-state index is 11.7. The summed E-state index contributed by atoms with van der Waals surface area (Å²) in [6.07, 6.45) is 7.11. The minimum Gasteiger partial charge on any atom is -0.467 e. The van der Waals surface area contributed by atoms with Crippen LogP contribution in [0.1, 0.15) is 59.3 Å². The molecular formula is C15H30N2O3. The predicted octanol–water partition coefficient (Wildman–Crippen LogP) is 2.84. The van der Waals surface area contributed by atoms with Gasteiger partial charge in [0.1, 0.15) is 6.04 Å². The fourth-order valence-corrected chi connectivity index (χ4v) is 1.92. The van der Waals surface area contributed by atoms with Crippen LogP contribution in [0, 0.1) is 5.92 Å². The zero-order valence-corrected chi connectivity index (χ0v) is 13.3. The number of nitrogens with one attached hydrogen (secondary N) is 2. The van der Waals surface area contributed by atoms with Gasteiger partial charge in [0.25, 0.3) is 0 Å². The van der Waals surface area contributed by atoms with Crippen LogP contribution in [0.2, 0.25) is 0 Å². The molecule has 0 spiro atoms. The van der Waals surface area contributed by atoms with Gasteiger partial charge in [-0.1, -0.05) is 52.9 Å². The number of methoxy groups -OCH3 is 1. The lowest BCUT2D eigenvalue weighted by Crippen LogP contribution is -2.49. The van der Waals surface area contributed by atoms with Gasteiger partial charge in [0.15, 0.2) is 0 Å². The quantitative estimate of drug-likeness (QED) is 0.479. The molecule has 1 unspecified atom stereocenters. The molecule has 2 amide bonds. The molecule has 0 aromatic heterocycles. The lowest BCUT2D eigenvalue weighted by atomic mass is 10.1. The van der Waals surface area contributed by atoms with E-state index < -0.39 is 12.0 Å². The molecule has 0 aliphatic rings. The molecule has 1 atom stereocenters. The molecule has 0 fully saturated rings. The maximum Gasteiger partial charge on any atom is 0.328 e. The molecule has 0 aromatic carbocycles. The molecule has 0 heterocycles. The second kappa shape index (κ2) is 11.6.